The largest absolute Gasteiger partial charge is 0.462 e. The van der Waals surface area contributed by atoms with E-state index in [0.717, 1.165) is 31.2 Å². The Bertz CT molecular complexity index is 884. The predicted octanol–water partition coefficient (Wildman–Crippen LogP) is 10.4. The lowest BCUT2D eigenvalue weighted by molar-refractivity contribution is -0.314. The number of hydrogen-bond acceptors (Lipinski definition) is 5. The molecule has 0 radical (unpaired) electrons. The number of carbonyl (C=O) groups excluding carboxylic acids is 1. The van der Waals surface area contributed by atoms with Crippen LogP contribution in [0.25, 0.3) is 0 Å². The molecule has 1 aliphatic heterocycles. The lowest BCUT2D eigenvalue weighted by Gasteiger charge is -2.54. The van der Waals surface area contributed by atoms with Gasteiger partial charge in [0, 0.05) is 30.3 Å². The number of benzene rings is 1. The number of nitrogens with zero attached hydrogens (tertiary/aromatic N) is 2. The molecule has 1 fully saturated rings. The molecule has 5 nitrogen and oxygen atoms in total. The Morgan fingerprint density at radius 3 is 1.71 bits per heavy atom. The van der Waals surface area contributed by atoms with Crippen molar-refractivity contribution >= 4 is 5.97 Å². The molecule has 2 rings (SSSR count). The van der Waals surface area contributed by atoms with Gasteiger partial charge in [-0.2, -0.15) is 10.3 Å². The van der Waals surface area contributed by atoms with Crippen LogP contribution in [0.1, 0.15) is 174 Å². The number of carbonyl (C=O) groups is 1. The molecule has 232 valence electrons. The number of hydrogen-bond donors (Lipinski definition) is 0. The van der Waals surface area contributed by atoms with E-state index in [-0.39, 0.29) is 29.3 Å². The van der Waals surface area contributed by atoms with Crippen LogP contribution in [0.2, 0.25) is 0 Å². The van der Waals surface area contributed by atoms with Crippen LogP contribution in [0.15, 0.2) is 24.3 Å². The number of piperidine rings is 1. The fraction of sp³-hybridized carbons (Fsp3) is 0.778. The number of unbranched alkanes of at least 4 members (excludes halogenated alkanes) is 14. The Kier molecular flexibility index (Phi) is 16.0. The van der Waals surface area contributed by atoms with Crippen molar-refractivity contribution in [2.45, 2.75) is 180 Å². The van der Waals surface area contributed by atoms with Gasteiger partial charge in [-0.05, 0) is 58.7 Å². The van der Waals surface area contributed by atoms with E-state index in [1.54, 1.807) is 0 Å². The molecule has 0 spiro atoms. The van der Waals surface area contributed by atoms with Crippen LogP contribution in [-0.2, 0) is 14.4 Å². The van der Waals surface area contributed by atoms with E-state index in [9.17, 15) is 4.79 Å². The maximum atomic E-state index is 12.7. The number of ether oxygens (including phenoxy) is 1. The topological polar surface area (TPSA) is 62.6 Å². The average molecular weight is 569 g/mol. The minimum absolute atomic E-state index is 0.0587. The van der Waals surface area contributed by atoms with Crippen molar-refractivity contribution in [2.24, 2.45) is 0 Å². The molecule has 0 amide bonds. The number of rotatable bonds is 20. The standard InChI is InChI=1S/C36H60N2O3/c1-7-8-9-10-11-12-13-14-15-16-17-18-19-20-21-22-34(39)40-33-27-35(3,4)38(36(5,6)28-33)41-30(2)32-25-23-31(29-37)24-26-32/h23-26,30,33H,7-22,27-28H2,1-6H3. The lowest BCUT2D eigenvalue weighted by atomic mass is 9.80. The van der Waals surface area contributed by atoms with Crippen LogP contribution >= 0.6 is 0 Å². The van der Waals surface area contributed by atoms with Gasteiger partial charge < -0.3 is 4.74 Å². The summed E-state index contributed by atoms with van der Waals surface area (Å²) in [7, 11) is 0. The maximum Gasteiger partial charge on any atom is 0.306 e. The van der Waals surface area contributed by atoms with Gasteiger partial charge in [0.2, 0.25) is 0 Å². The minimum Gasteiger partial charge on any atom is -0.462 e. The Labute approximate surface area is 252 Å². The summed E-state index contributed by atoms with van der Waals surface area (Å²) in [6.45, 7) is 13.0. The van der Waals surface area contributed by atoms with Crippen molar-refractivity contribution in [2.75, 3.05) is 0 Å². The second-order valence-electron chi connectivity index (χ2n) is 13.6. The van der Waals surface area contributed by atoms with Gasteiger partial charge in [-0.3, -0.25) is 9.63 Å². The van der Waals surface area contributed by atoms with Gasteiger partial charge in [0.25, 0.3) is 0 Å². The van der Waals surface area contributed by atoms with Crippen LogP contribution in [-0.4, -0.2) is 28.2 Å². The quantitative estimate of drug-likeness (QED) is 0.116. The molecule has 1 unspecified atom stereocenters. The van der Waals surface area contributed by atoms with Crippen LogP contribution < -0.4 is 0 Å². The fourth-order valence-corrected chi connectivity index (χ4v) is 6.47. The van der Waals surface area contributed by atoms with Crippen molar-refractivity contribution < 1.29 is 14.4 Å². The van der Waals surface area contributed by atoms with Gasteiger partial charge in [-0.25, -0.2) is 0 Å². The third kappa shape index (κ3) is 13.3. The monoisotopic (exact) mass is 568 g/mol. The van der Waals surface area contributed by atoms with Gasteiger partial charge in [-0.1, -0.05) is 109 Å². The Morgan fingerprint density at radius 2 is 1.27 bits per heavy atom. The third-order valence-electron chi connectivity index (χ3n) is 8.61. The van der Waals surface area contributed by atoms with Crippen LogP contribution in [0.4, 0.5) is 0 Å². The molecule has 0 saturated carbocycles. The maximum absolute atomic E-state index is 12.7. The Balaban J connectivity index is 1.60. The predicted molar refractivity (Wildman–Crippen MR) is 169 cm³/mol. The molecule has 1 saturated heterocycles. The number of nitriles is 1. The zero-order chi connectivity index (χ0) is 30.1. The summed E-state index contributed by atoms with van der Waals surface area (Å²) in [6.07, 6.45) is 21.6. The first-order valence-electron chi connectivity index (χ1n) is 16.8. The van der Waals surface area contributed by atoms with Crippen LogP contribution in [0.3, 0.4) is 0 Å². The van der Waals surface area contributed by atoms with Gasteiger partial charge >= 0.3 is 5.97 Å². The van der Waals surface area contributed by atoms with Crippen molar-refractivity contribution in [3.8, 4) is 6.07 Å². The van der Waals surface area contributed by atoms with E-state index in [2.05, 4.69) is 45.8 Å². The molecule has 0 N–H and O–H groups in total. The van der Waals surface area contributed by atoms with Crippen LogP contribution in [0, 0.1) is 11.3 Å². The SMILES string of the molecule is CCCCCCCCCCCCCCCCCC(=O)OC1CC(C)(C)N(OC(C)c2ccc(C#N)cc2)C(C)(C)C1. The molecule has 1 aliphatic rings. The summed E-state index contributed by atoms with van der Waals surface area (Å²) in [5, 5.41) is 11.2. The highest BCUT2D eigenvalue weighted by molar-refractivity contribution is 5.69. The van der Waals surface area contributed by atoms with Gasteiger partial charge in [0.15, 0.2) is 0 Å². The minimum atomic E-state index is -0.289. The molecule has 0 bridgehead atoms. The van der Waals surface area contributed by atoms with E-state index in [4.69, 9.17) is 14.8 Å². The zero-order valence-electron chi connectivity index (χ0n) is 27.3. The van der Waals surface area contributed by atoms with E-state index >= 15 is 0 Å². The molecule has 1 aromatic carbocycles. The summed E-state index contributed by atoms with van der Waals surface area (Å²) in [5.74, 6) is -0.0587. The molecule has 1 heterocycles. The Morgan fingerprint density at radius 1 is 0.829 bits per heavy atom. The summed E-state index contributed by atoms with van der Waals surface area (Å²) in [5.41, 5.74) is 1.10. The third-order valence-corrected chi connectivity index (χ3v) is 8.61. The highest BCUT2D eigenvalue weighted by Crippen LogP contribution is 2.41. The van der Waals surface area contributed by atoms with Crippen LogP contribution in [0.5, 0.6) is 0 Å². The Hall–Kier alpha value is -1.90. The summed E-state index contributed by atoms with van der Waals surface area (Å²) in [6, 6.07) is 9.73. The molecule has 1 atom stereocenters. The van der Waals surface area contributed by atoms with Gasteiger partial charge in [0.1, 0.15) is 12.2 Å². The molecule has 41 heavy (non-hydrogen) atoms. The van der Waals surface area contributed by atoms with E-state index in [1.165, 1.54) is 83.5 Å². The highest BCUT2D eigenvalue weighted by atomic mass is 16.7. The molecular weight excluding hydrogens is 508 g/mol. The smallest absolute Gasteiger partial charge is 0.306 e. The molecule has 5 heteroatoms. The molecule has 1 aromatic rings. The zero-order valence-corrected chi connectivity index (χ0v) is 27.3. The molecule has 0 aliphatic carbocycles. The molecule has 0 aromatic heterocycles. The first-order chi connectivity index (χ1) is 19.6. The van der Waals surface area contributed by atoms with Gasteiger partial charge in [0.05, 0.1) is 11.6 Å². The summed E-state index contributed by atoms with van der Waals surface area (Å²) >= 11 is 0. The molecular formula is C36H60N2O3. The van der Waals surface area contributed by atoms with Crippen molar-refractivity contribution in [1.82, 2.24) is 5.06 Å². The van der Waals surface area contributed by atoms with Crippen molar-refractivity contribution in [1.29, 1.82) is 5.26 Å². The van der Waals surface area contributed by atoms with E-state index in [1.807, 2.05) is 31.2 Å². The summed E-state index contributed by atoms with van der Waals surface area (Å²) in [4.78, 5) is 19.2. The number of hydroxylamine groups is 2. The van der Waals surface area contributed by atoms with E-state index < -0.39 is 0 Å². The van der Waals surface area contributed by atoms with Gasteiger partial charge in [-0.15, -0.1) is 0 Å². The average Bonchev–Trinajstić information content (AvgIpc) is 2.92. The first kappa shape index (κ1) is 35.3. The first-order valence-corrected chi connectivity index (χ1v) is 16.8. The second kappa shape index (κ2) is 18.6. The lowest BCUT2D eigenvalue weighted by Crippen LogP contribution is -2.62. The fourth-order valence-electron chi connectivity index (χ4n) is 6.47. The second-order valence-corrected chi connectivity index (χ2v) is 13.6. The normalized spacial score (nSPS) is 17.7. The van der Waals surface area contributed by atoms with E-state index in [0.29, 0.717) is 12.0 Å². The number of esters is 1. The summed E-state index contributed by atoms with van der Waals surface area (Å²) < 4.78 is 5.99. The van der Waals surface area contributed by atoms with Crippen molar-refractivity contribution in [3.63, 3.8) is 0 Å². The van der Waals surface area contributed by atoms with Crippen molar-refractivity contribution in [3.05, 3.63) is 35.4 Å². The highest BCUT2D eigenvalue weighted by Gasteiger charge is 2.48.